The van der Waals surface area contributed by atoms with Crippen LogP contribution in [0.3, 0.4) is 0 Å². The molecule has 0 aliphatic rings. The Hall–Kier alpha value is -1.24. The topological polar surface area (TPSA) is 77.0 Å². The lowest BCUT2D eigenvalue weighted by Gasteiger charge is -2.12. The third-order valence-corrected chi connectivity index (χ3v) is 2.79. The number of nitrogens with zero attached hydrogens (tertiary/aromatic N) is 2. The summed E-state index contributed by atoms with van der Waals surface area (Å²) in [5.41, 5.74) is 3.63. The highest BCUT2D eigenvalue weighted by Gasteiger charge is 2.21. The van der Waals surface area contributed by atoms with E-state index in [1.165, 1.54) is 0 Å². The molecule has 2 rings (SSSR count). The van der Waals surface area contributed by atoms with E-state index in [0.29, 0.717) is 11.6 Å². The standard InChI is InChI=1S/C10H11BrN4O/c1-6-4-13-10(14-5-6)8(15-12)9-7(11)2-3-16-9/h2-5,8,15H,12H2,1H3. The van der Waals surface area contributed by atoms with E-state index in [9.17, 15) is 0 Å². The Morgan fingerprint density at radius 1 is 1.44 bits per heavy atom. The predicted octanol–water partition coefficient (Wildman–Crippen LogP) is 1.69. The second-order valence-electron chi connectivity index (χ2n) is 3.35. The van der Waals surface area contributed by atoms with Crippen LogP contribution in [-0.2, 0) is 0 Å². The Labute approximate surface area is 101 Å². The number of aromatic nitrogens is 2. The molecular formula is C10H11BrN4O. The minimum absolute atomic E-state index is 0.357. The van der Waals surface area contributed by atoms with Crippen molar-refractivity contribution in [3.05, 3.63) is 46.3 Å². The molecule has 2 aromatic rings. The molecule has 0 aliphatic heterocycles. The maximum absolute atomic E-state index is 5.49. The number of hydrogen-bond acceptors (Lipinski definition) is 5. The van der Waals surface area contributed by atoms with Crippen LogP contribution in [0.1, 0.15) is 23.2 Å². The second-order valence-corrected chi connectivity index (χ2v) is 4.21. The van der Waals surface area contributed by atoms with Gasteiger partial charge in [-0.05, 0) is 34.5 Å². The fraction of sp³-hybridized carbons (Fsp3) is 0.200. The second kappa shape index (κ2) is 4.73. The molecule has 1 unspecified atom stereocenters. The molecule has 2 aromatic heterocycles. The van der Waals surface area contributed by atoms with Gasteiger partial charge >= 0.3 is 0 Å². The predicted molar refractivity (Wildman–Crippen MR) is 62.3 cm³/mol. The van der Waals surface area contributed by atoms with Gasteiger partial charge in [0.1, 0.15) is 11.8 Å². The molecule has 0 saturated heterocycles. The van der Waals surface area contributed by atoms with Crippen molar-refractivity contribution in [2.45, 2.75) is 13.0 Å². The summed E-state index contributed by atoms with van der Waals surface area (Å²) < 4.78 is 6.17. The van der Waals surface area contributed by atoms with Gasteiger partial charge in [0.05, 0.1) is 10.7 Å². The maximum atomic E-state index is 5.49. The number of nitrogens with two attached hydrogens (primary N) is 1. The molecule has 2 heterocycles. The largest absolute Gasteiger partial charge is 0.466 e. The van der Waals surface area contributed by atoms with E-state index in [2.05, 4.69) is 31.3 Å². The molecule has 0 amide bonds. The molecule has 16 heavy (non-hydrogen) atoms. The highest BCUT2D eigenvalue weighted by molar-refractivity contribution is 9.10. The molecule has 0 spiro atoms. The quantitative estimate of drug-likeness (QED) is 0.662. The van der Waals surface area contributed by atoms with Gasteiger partial charge in [0.15, 0.2) is 5.82 Å². The summed E-state index contributed by atoms with van der Waals surface area (Å²) in [5.74, 6) is 6.72. The first-order valence-electron chi connectivity index (χ1n) is 4.70. The van der Waals surface area contributed by atoms with Gasteiger partial charge in [0, 0.05) is 12.4 Å². The van der Waals surface area contributed by atoms with Crippen molar-refractivity contribution in [3.8, 4) is 0 Å². The minimum Gasteiger partial charge on any atom is -0.466 e. The number of furan rings is 1. The first-order valence-corrected chi connectivity index (χ1v) is 5.49. The van der Waals surface area contributed by atoms with Gasteiger partial charge in [-0.15, -0.1) is 0 Å². The number of hydrogen-bond donors (Lipinski definition) is 2. The molecule has 6 heteroatoms. The molecule has 84 valence electrons. The summed E-state index contributed by atoms with van der Waals surface area (Å²) in [6, 6.07) is 1.44. The molecule has 0 aliphatic carbocycles. The fourth-order valence-electron chi connectivity index (χ4n) is 1.33. The van der Waals surface area contributed by atoms with Crippen LogP contribution >= 0.6 is 15.9 Å². The van der Waals surface area contributed by atoms with Gasteiger partial charge in [-0.1, -0.05) is 0 Å². The van der Waals surface area contributed by atoms with Gasteiger partial charge < -0.3 is 4.42 Å². The highest BCUT2D eigenvalue weighted by atomic mass is 79.9. The van der Waals surface area contributed by atoms with Crippen LogP contribution in [0, 0.1) is 6.92 Å². The molecule has 0 aromatic carbocycles. The average molecular weight is 283 g/mol. The third kappa shape index (κ3) is 2.13. The van der Waals surface area contributed by atoms with E-state index in [4.69, 9.17) is 10.3 Å². The van der Waals surface area contributed by atoms with E-state index < -0.39 is 0 Å². The zero-order valence-corrected chi connectivity index (χ0v) is 10.2. The van der Waals surface area contributed by atoms with Crippen molar-refractivity contribution >= 4 is 15.9 Å². The monoisotopic (exact) mass is 282 g/mol. The Morgan fingerprint density at radius 2 is 2.12 bits per heavy atom. The zero-order valence-electron chi connectivity index (χ0n) is 8.64. The van der Waals surface area contributed by atoms with Crippen LogP contribution in [0.5, 0.6) is 0 Å². The number of halogens is 1. The molecule has 0 radical (unpaired) electrons. The first-order chi connectivity index (χ1) is 7.72. The Morgan fingerprint density at radius 3 is 2.62 bits per heavy atom. The van der Waals surface area contributed by atoms with Gasteiger partial charge in [-0.2, -0.15) is 0 Å². The van der Waals surface area contributed by atoms with Crippen molar-refractivity contribution < 1.29 is 4.42 Å². The van der Waals surface area contributed by atoms with Crippen LogP contribution in [0.25, 0.3) is 0 Å². The molecular weight excluding hydrogens is 272 g/mol. The van der Waals surface area contributed by atoms with Crippen LogP contribution < -0.4 is 11.3 Å². The van der Waals surface area contributed by atoms with Gasteiger partial charge in [0.2, 0.25) is 0 Å². The molecule has 5 nitrogen and oxygen atoms in total. The summed E-state index contributed by atoms with van der Waals surface area (Å²) in [7, 11) is 0. The number of aryl methyl sites for hydroxylation is 1. The van der Waals surface area contributed by atoms with E-state index in [0.717, 1.165) is 10.0 Å². The lowest BCUT2D eigenvalue weighted by atomic mass is 10.2. The van der Waals surface area contributed by atoms with E-state index >= 15 is 0 Å². The van der Waals surface area contributed by atoms with Gasteiger partial charge in [-0.3, -0.25) is 5.84 Å². The van der Waals surface area contributed by atoms with E-state index in [-0.39, 0.29) is 6.04 Å². The summed E-state index contributed by atoms with van der Waals surface area (Å²) in [4.78, 5) is 8.42. The first kappa shape index (κ1) is 11.3. The number of hydrazine groups is 1. The number of rotatable bonds is 3. The Bertz CT molecular complexity index is 468. The smallest absolute Gasteiger partial charge is 0.154 e. The SMILES string of the molecule is Cc1cnc(C(NN)c2occc2Br)nc1. The highest BCUT2D eigenvalue weighted by Crippen LogP contribution is 2.26. The van der Waals surface area contributed by atoms with Crippen LogP contribution in [0.15, 0.2) is 33.6 Å². The van der Waals surface area contributed by atoms with Crippen molar-refractivity contribution in [2.75, 3.05) is 0 Å². The number of nitrogens with one attached hydrogen (secondary N) is 1. The van der Waals surface area contributed by atoms with Gasteiger partial charge in [0.25, 0.3) is 0 Å². The summed E-state index contributed by atoms with van der Waals surface area (Å²) in [5, 5.41) is 0. The van der Waals surface area contributed by atoms with Crippen molar-refractivity contribution in [1.82, 2.24) is 15.4 Å². The normalized spacial score (nSPS) is 12.7. The maximum Gasteiger partial charge on any atom is 0.154 e. The summed E-state index contributed by atoms with van der Waals surface area (Å²) in [6.07, 6.45) is 5.06. The van der Waals surface area contributed by atoms with Crippen molar-refractivity contribution in [3.63, 3.8) is 0 Å². The van der Waals surface area contributed by atoms with Gasteiger partial charge in [-0.25, -0.2) is 15.4 Å². The van der Waals surface area contributed by atoms with Crippen LogP contribution in [0.2, 0.25) is 0 Å². The molecule has 3 N–H and O–H groups in total. The minimum atomic E-state index is -0.357. The van der Waals surface area contributed by atoms with Crippen molar-refractivity contribution in [1.29, 1.82) is 0 Å². The fourth-order valence-corrected chi connectivity index (χ4v) is 1.76. The Kier molecular flexibility index (Phi) is 3.33. The summed E-state index contributed by atoms with van der Waals surface area (Å²) >= 11 is 3.37. The van der Waals surface area contributed by atoms with E-state index in [1.54, 1.807) is 24.7 Å². The van der Waals surface area contributed by atoms with Crippen molar-refractivity contribution in [2.24, 2.45) is 5.84 Å². The Balaban J connectivity index is 2.37. The van der Waals surface area contributed by atoms with Crippen LogP contribution in [0.4, 0.5) is 0 Å². The molecule has 0 saturated carbocycles. The average Bonchev–Trinajstić information content (AvgIpc) is 2.69. The molecule has 1 atom stereocenters. The molecule has 0 fully saturated rings. The zero-order chi connectivity index (χ0) is 11.5. The third-order valence-electron chi connectivity index (χ3n) is 2.13. The van der Waals surface area contributed by atoms with E-state index in [1.807, 2.05) is 6.92 Å². The summed E-state index contributed by atoms with van der Waals surface area (Å²) in [6.45, 7) is 1.93. The lowest BCUT2D eigenvalue weighted by molar-refractivity contribution is 0.439. The van der Waals surface area contributed by atoms with Crippen LogP contribution in [-0.4, -0.2) is 9.97 Å². The lowest BCUT2D eigenvalue weighted by Crippen LogP contribution is -2.30. The molecule has 0 bridgehead atoms.